The fraction of sp³-hybridized carbons (Fsp3) is 0.948. The summed E-state index contributed by atoms with van der Waals surface area (Å²) in [4.78, 5) is 24.6. The minimum atomic E-state index is -0.661. The van der Waals surface area contributed by atoms with E-state index in [0.29, 0.717) is 25.9 Å². The van der Waals surface area contributed by atoms with E-state index in [4.69, 9.17) is 4.74 Å². The maximum atomic E-state index is 12.5. The Morgan fingerprint density at radius 2 is 0.566 bits per heavy atom. The third kappa shape index (κ3) is 69.6. The monoisotopic (exact) mass is 1170 g/mol. The molecule has 6 nitrogen and oxygen atoms in total. The van der Waals surface area contributed by atoms with Gasteiger partial charge in [0.25, 0.3) is 0 Å². The second kappa shape index (κ2) is 73.1. The minimum absolute atomic E-state index is 0.0150. The molecule has 0 saturated heterocycles. The first-order chi connectivity index (χ1) is 41.0. The first-order valence-corrected chi connectivity index (χ1v) is 38.4. The third-order valence-corrected chi connectivity index (χ3v) is 18.3. The minimum Gasteiger partial charge on any atom is -0.466 e. The third-order valence-electron chi connectivity index (χ3n) is 18.3. The van der Waals surface area contributed by atoms with E-state index in [9.17, 15) is 19.8 Å². The van der Waals surface area contributed by atoms with Crippen molar-refractivity contribution in [3.05, 3.63) is 12.2 Å². The Kier molecular flexibility index (Phi) is 71.8. The lowest BCUT2D eigenvalue weighted by atomic mass is 10.0. The summed E-state index contributed by atoms with van der Waals surface area (Å²) in [6.45, 7) is 5.00. The van der Waals surface area contributed by atoms with E-state index >= 15 is 0 Å². The zero-order valence-electron chi connectivity index (χ0n) is 56.7. The van der Waals surface area contributed by atoms with Crippen LogP contribution in [0.1, 0.15) is 444 Å². The van der Waals surface area contributed by atoms with Gasteiger partial charge >= 0.3 is 5.97 Å². The summed E-state index contributed by atoms with van der Waals surface area (Å²) in [7, 11) is 0. The highest BCUT2D eigenvalue weighted by molar-refractivity contribution is 5.76. The van der Waals surface area contributed by atoms with E-state index in [0.717, 1.165) is 44.9 Å². The van der Waals surface area contributed by atoms with Gasteiger partial charge in [0, 0.05) is 12.8 Å². The Labute approximate surface area is 520 Å². The van der Waals surface area contributed by atoms with E-state index in [2.05, 4.69) is 31.3 Å². The number of aliphatic hydroxyl groups excluding tert-OH is 2. The van der Waals surface area contributed by atoms with Crippen LogP contribution in [0.25, 0.3) is 0 Å². The van der Waals surface area contributed by atoms with E-state index < -0.39 is 12.1 Å². The van der Waals surface area contributed by atoms with Crippen molar-refractivity contribution in [2.24, 2.45) is 0 Å². The van der Waals surface area contributed by atoms with E-state index in [-0.39, 0.29) is 18.5 Å². The van der Waals surface area contributed by atoms with Crippen LogP contribution in [-0.4, -0.2) is 47.4 Å². The van der Waals surface area contributed by atoms with Crippen LogP contribution >= 0.6 is 0 Å². The molecule has 0 fully saturated rings. The molecule has 1 amide bonds. The van der Waals surface area contributed by atoms with Gasteiger partial charge in [0.05, 0.1) is 25.4 Å². The SMILES string of the molecule is CCCCCCCCC/C=C\CCCCCCCC(=O)OCCCCCCCCCCCCCCCCCCCCCCCCCCCCCCCCCCC(=O)NC(CO)C(O)CCCCCCCCCCCCCCCCCCCC. The molecule has 0 heterocycles. The van der Waals surface area contributed by atoms with Crippen LogP contribution < -0.4 is 5.32 Å². The molecule has 6 heteroatoms. The number of carbonyl (C=O) groups excluding carboxylic acids is 2. The molecule has 0 aliphatic carbocycles. The van der Waals surface area contributed by atoms with Gasteiger partial charge in [-0.3, -0.25) is 9.59 Å². The average molecular weight is 1170 g/mol. The second-order valence-corrected chi connectivity index (χ2v) is 26.7. The van der Waals surface area contributed by atoms with Gasteiger partial charge < -0.3 is 20.3 Å². The van der Waals surface area contributed by atoms with Crippen LogP contribution in [0.15, 0.2) is 12.2 Å². The number of carbonyl (C=O) groups is 2. The molecule has 0 aromatic carbocycles. The number of nitrogens with one attached hydrogen (secondary N) is 1. The van der Waals surface area contributed by atoms with Gasteiger partial charge in [0.15, 0.2) is 0 Å². The predicted molar refractivity (Wildman–Crippen MR) is 366 cm³/mol. The van der Waals surface area contributed by atoms with Crippen molar-refractivity contribution in [2.75, 3.05) is 13.2 Å². The van der Waals surface area contributed by atoms with E-state index in [1.807, 2.05) is 0 Å². The van der Waals surface area contributed by atoms with Crippen LogP contribution in [0, 0.1) is 0 Å². The van der Waals surface area contributed by atoms with Crippen molar-refractivity contribution in [1.82, 2.24) is 5.32 Å². The van der Waals surface area contributed by atoms with Gasteiger partial charge in [-0.25, -0.2) is 0 Å². The molecule has 2 unspecified atom stereocenters. The van der Waals surface area contributed by atoms with Gasteiger partial charge in [0.1, 0.15) is 0 Å². The quantitative estimate of drug-likeness (QED) is 0.0320. The Morgan fingerprint density at radius 3 is 0.855 bits per heavy atom. The molecule has 0 rings (SSSR count). The number of rotatable bonds is 73. The standard InChI is InChI=1S/C77H151NO5/c1-3-5-7-9-11-13-15-17-19-21-38-41-45-49-53-57-61-65-69-75(80)74(73-79)78-76(81)70-66-62-58-54-50-46-42-39-36-34-32-30-28-26-24-22-23-25-27-29-31-33-35-37-40-44-48-52-56-60-64-68-72-83-77(82)71-67-63-59-55-51-47-43-20-18-16-14-12-10-8-6-4-2/h20,43,74-75,79-80H,3-19,21-42,44-73H2,1-2H3,(H,78,81)/b43-20-. The number of hydrogen-bond donors (Lipinski definition) is 3. The molecule has 0 bridgehead atoms. The predicted octanol–water partition coefficient (Wildman–Crippen LogP) is 25.1. The molecule has 2 atom stereocenters. The molecule has 494 valence electrons. The van der Waals surface area contributed by atoms with Crippen LogP contribution in [0.3, 0.4) is 0 Å². The van der Waals surface area contributed by atoms with Crippen molar-refractivity contribution < 1.29 is 24.5 Å². The number of aliphatic hydroxyl groups is 2. The summed E-state index contributed by atoms with van der Waals surface area (Å²) in [5.41, 5.74) is 0. The number of unbranched alkanes of at least 4 members (excludes halogenated alkanes) is 60. The molecule has 0 spiro atoms. The van der Waals surface area contributed by atoms with Crippen molar-refractivity contribution in [3.8, 4) is 0 Å². The molecule has 0 radical (unpaired) electrons. The van der Waals surface area contributed by atoms with E-state index in [1.165, 1.54) is 366 Å². The molecule has 3 N–H and O–H groups in total. The van der Waals surface area contributed by atoms with Crippen molar-refractivity contribution in [1.29, 1.82) is 0 Å². The highest BCUT2D eigenvalue weighted by Crippen LogP contribution is 2.20. The van der Waals surface area contributed by atoms with Gasteiger partial charge in [-0.15, -0.1) is 0 Å². The lowest BCUT2D eigenvalue weighted by Crippen LogP contribution is -2.45. The smallest absolute Gasteiger partial charge is 0.305 e. The Balaban J connectivity index is 3.31. The van der Waals surface area contributed by atoms with Crippen molar-refractivity contribution >= 4 is 11.9 Å². The Morgan fingerprint density at radius 1 is 0.325 bits per heavy atom. The molecule has 83 heavy (non-hydrogen) atoms. The molecule has 0 aromatic heterocycles. The van der Waals surface area contributed by atoms with Crippen LogP contribution in [0.2, 0.25) is 0 Å². The molecular weight excluding hydrogens is 1020 g/mol. The van der Waals surface area contributed by atoms with Gasteiger partial charge in [-0.2, -0.15) is 0 Å². The zero-order chi connectivity index (χ0) is 59.9. The first-order valence-electron chi connectivity index (χ1n) is 38.4. The molecule has 0 aromatic rings. The van der Waals surface area contributed by atoms with Crippen LogP contribution in [0.5, 0.6) is 0 Å². The van der Waals surface area contributed by atoms with Gasteiger partial charge in [-0.1, -0.05) is 392 Å². The van der Waals surface area contributed by atoms with Gasteiger partial charge in [0.2, 0.25) is 5.91 Å². The number of esters is 1. The zero-order valence-corrected chi connectivity index (χ0v) is 56.7. The maximum absolute atomic E-state index is 12.5. The molecular formula is C77H151NO5. The fourth-order valence-electron chi connectivity index (χ4n) is 12.5. The summed E-state index contributed by atoms with van der Waals surface area (Å²) in [5.74, 6) is -0.0107. The average Bonchev–Trinajstić information content (AvgIpc) is 3.49. The summed E-state index contributed by atoms with van der Waals surface area (Å²) in [6, 6.07) is -0.538. The maximum Gasteiger partial charge on any atom is 0.305 e. The number of ether oxygens (including phenoxy) is 1. The van der Waals surface area contributed by atoms with Crippen molar-refractivity contribution in [3.63, 3.8) is 0 Å². The normalized spacial score (nSPS) is 12.5. The molecule has 0 aliphatic rings. The Bertz CT molecular complexity index is 1260. The fourth-order valence-corrected chi connectivity index (χ4v) is 12.5. The summed E-state index contributed by atoms with van der Waals surface area (Å²) >= 11 is 0. The lowest BCUT2D eigenvalue weighted by Gasteiger charge is -2.22. The van der Waals surface area contributed by atoms with Crippen molar-refractivity contribution in [2.45, 2.75) is 456 Å². The highest BCUT2D eigenvalue weighted by Gasteiger charge is 2.20. The topological polar surface area (TPSA) is 95.9 Å². The molecule has 0 saturated carbocycles. The van der Waals surface area contributed by atoms with Crippen LogP contribution in [-0.2, 0) is 14.3 Å². The Hall–Kier alpha value is -1.40. The summed E-state index contributed by atoms with van der Waals surface area (Å²) in [5, 5.41) is 23.4. The summed E-state index contributed by atoms with van der Waals surface area (Å²) in [6.07, 6.45) is 91.5. The first kappa shape index (κ1) is 81.6. The highest BCUT2D eigenvalue weighted by atomic mass is 16.5. The second-order valence-electron chi connectivity index (χ2n) is 26.7. The van der Waals surface area contributed by atoms with E-state index in [1.54, 1.807) is 0 Å². The lowest BCUT2D eigenvalue weighted by molar-refractivity contribution is -0.143. The number of amides is 1. The number of hydrogen-bond acceptors (Lipinski definition) is 5. The summed E-state index contributed by atoms with van der Waals surface area (Å²) < 4.78 is 5.50. The largest absolute Gasteiger partial charge is 0.466 e. The molecule has 0 aliphatic heterocycles. The van der Waals surface area contributed by atoms with Crippen LogP contribution in [0.4, 0.5) is 0 Å². The number of allylic oxidation sites excluding steroid dienone is 2. The van der Waals surface area contributed by atoms with Gasteiger partial charge in [-0.05, 0) is 51.4 Å².